The number of thiocarbonyl (C=S) groups is 1. The van der Waals surface area contributed by atoms with Gasteiger partial charge in [0.05, 0.1) is 42.5 Å². The van der Waals surface area contributed by atoms with Gasteiger partial charge in [-0.05, 0) is 74.1 Å². The molecule has 0 bridgehead atoms. The van der Waals surface area contributed by atoms with Gasteiger partial charge in [0.2, 0.25) is 0 Å². The Labute approximate surface area is 186 Å². The van der Waals surface area contributed by atoms with Gasteiger partial charge in [-0.3, -0.25) is 9.97 Å². The van der Waals surface area contributed by atoms with Gasteiger partial charge in [0.1, 0.15) is 5.76 Å². The second-order valence-electron chi connectivity index (χ2n) is 7.71. The Morgan fingerprint density at radius 3 is 2.71 bits per heavy atom. The summed E-state index contributed by atoms with van der Waals surface area (Å²) >= 11 is 5.77. The van der Waals surface area contributed by atoms with Crippen molar-refractivity contribution in [3.05, 3.63) is 102 Å². The summed E-state index contributed by atoms with van der Waals surface area (Å²) in [5, 5.41) is 4.21. The van der Waals surface area contributed by atoms with Gasteiger partial charge >= 0.3 is 0 Å². The molecule has 5 rings (SSSR count). The molecule has 5 heterocycles. The third kappa shape index (κ3) is 3.51. The highest BCUT2D eigenvalue weighted by Crippen LogP contribution is 2.42. The molecule has 1 aliphatic rings. The maximum Gasteiger partial charge on any atom is 0.170 e. The van der Waals surface area contributed by atoms with E-state index in [1.165, 1.54) is 5.56 Å². The van der Waals surface area contributed by atoms with Crippen LogP contribution in [0.15, 0.2) is 77.8 Å². The molecule has 0 aliphatic carbocycles. The summed E-state index contributed by atoms with van der Waals surface area (Å²) in [4.78, 5) is 11.1. The van der Waals surface area contributed by atoms with Gasteiger partial charge in [-0.15, -0.1) is 0 Å². The van der Waals surface area contributed by atoms with Crippen LogP contribution in [0.25, 0.3) is 5.69 Å². The van der Waals surface area contributed by atoms with E-state index in [0.717, 1.165) is 28.5 Å². The smallest absolute Gasteiger partial charge is 0.170 e. The third-order valence-corrected chi connectivity index (χ3v) is 6.15. The summed E-state index contributed by atoms with van der Waals surface area (Å²) in [7, 11) is 0. The van der Waals surface area contributed by atoms with Crippen LogP contribution in [0.5, 0.6) is 0 Å². The number of nitrogens with one attached hydrogen (secondary N) is 1. The molecular weight excluding hydrogens is 406 g/mol. The Morgan fingerprint density at radius 1 is 1.10 bits per heavy atom. The van der Waals surface area contributed by atoms with E-state index in [-0.39, 0.29) is 12.1 Å². The van der Waals surface area contributed by atoms with Crippen LogP contribution in [-0.2, 0) is 6.54 Å². The first-order valence-corrected chi connectivity index (χ1v) is 10.6. The quantitative estimate of drug-likeness (QED) is 0.466. The molecule has 7 heteroatoms. The van der Waals surface area contributed by atoms with Crippen LogP contribution in [0.3, 0.4) is 0 Å². The van der Waals surface area contributed by atoms with E-state index in [1.807, 2.05) is 48.8 Å². The van der Waals surface area contributed by atoms with E-state index in [0.29, 0.717) is 11.7 Å². The van der Waals surface area contributed by atoms with Crippen LogP contribution >= 0.6 is 12.2 Å². The average Bonchev–Trinajstić information content (AvgIpc) is 3.49. The van der Waals surface area contributed by atoms with E-state index in [1.54, 1.807) is 12.5 Å². The van der Waals surface area contributed by atoms with Crippen molar-refractivity contribution in [2.24, 2.45) is 0 Å². The zero-order chi connectivity index (χ0) is 21.4. The summed E-state index contributed by atoms with van der Waals surface area (Å²) < 4.78 is 7.88. The van der Waals surface area contributed by atoms with Crippen molar-refractivity contribution in [1.29, 1.82) is 0 Å². The number of hydrogen-bond donors (Lipinski definition) is 1. The molecule has 2 atom stereocenters. The van der Waals surface area contributed by atoms with E-state index < -0.39 is 0 Å². The second-order valence-corrected chi connectivity index (χ2v) is 8.09. The number of hydrogen-bond acceptors (Lipinski definition) is 4. The molecule has 0 radical (unpaired) electrons. The zero-order valence-corrected chi connectivity index (χ0v) is 18.2. The maximum absolute atomic E-state index is 5.77. The molecule has 1 fully saturated rings. The van der Waals surface area contributed by atoms with Crippen molar-refractivity contribution in [3.8, 4) is 5.69 Å². The fourth-order valence-corrected chi connectivity index (χ4v) is 4.76. The van der Waals surface area contributed by atoms with E-state index in [4.69, 9.17) is 16.6 Å². The number of rotatable bonds is 5. The van der Waals surface area contributed by atoms with Crippen LogP contribution in [0.2, 0.25) is 0 Å². The minimum atomic E-state index is -0.0634. The molecule has 6 nitrogen and oxygen atoms in total. The highest BCUT2D eigenvalue weighted by molar-refractivity contribution is 7.80. The lowest BCUT2D eigenvalue weighted by Gasteiger charge is -2.27. The standard InChI is InChI=1S/C24H23N5OS/c1-16-13-20(17(2)29(16)18-7-5-10-25-14-18)23-22(21-9-3-4-11-26-21)27-24(31)28(23)15-19-8-6-12-30-19/h3-14,22-23H,15H2,1-2H3,(H,27,31)/t22-,23+/m0/s1. The first kappa shape index (κ1) is 19.5. The lowest BCUT2D eigenvalue weighted by Crippen LogP contribution is -2.29. The van der Waals surface area contributed by atoms with Crippen LogP contribution in [-0.4, -0.2) is 24.5 Å². The van der Waals surface area contributed by atoms with Crippen LogP contribution in [0.1, 0.15) is 40.5 Å². The summed E-state index contributed by atoms with van der Waals surface area (Å²) in [5.74, 6) is 0.872. The van der Waals surface area contributed by atoms with Crippen molar-refractivity contribution in [2.45, 2.75) is 32.5 Å². The molecule has 1 saturated heterocycles. The lowest BCUT2D eigenvalue weighted by atomic mass is 9.96. The van der Waals surface area contributed by atoms with E-state index in [2.05, 4.69) is 50.7 Å². The number of nitrogens with zero attached hydrogens (tertiary/aromatic N) is 4. The van der Waals surface area contributed by atoms with E-state index >= 15 is 0 Å². The van der Waals surface area contributed by atoms with Gasteiger partial charge in [-0.25, -0.2) is 0 Å². The first-order valence-electron chi connectivity index (χ1n) is 10.2. The molecule has 0 saturated carbocycles. The Balaban J connectivity index is 1.62. The highest BCUT2D eigenvalue weighted by Gasteiger charge is 2.41. The van der Waals surface area contributed by atoms with Crippen LogP contribution < -0.4 is 5.32 Å². The van der Waals surface area contributed by atoms with Gasteiger partial charge in [-0.1, -0.05) is 6.07 Å². The molecule has 156 valence electrons. The van der Waals surface area contributed by atoms with Crippen LogP contribution in [0, 0.1) is 13.8 Å². The summed E-state index contributed by atoms with van der Waals surface area (Å²) in [5.41, 5.74) is 5.52. The number of furan rings is 1. The number of pyridine rings is 2. The Kier molecular flexibility index (Phi) is 5.03. The monoisotopic (exact) mass is 429 g/mol. The number of aryl methyl sites for hydroxylation is 1. The molecule has 4 aromatic rings. The fraction of sp³-hybridized carbons (Fsp3) is 0.208. The van der Waals surface area contributed by atoms with Gasteiger partial charge in [0, 0.05) is 23.8 Å². The SMILES string of the molecule is Cc1cc([C@@H]2[C@H](c3ccccn3)NC(=S)N2Cc2ccco2)c(C)n1-c1cccnc1. The highest BCUT2D eigenvalue weighted by atomic mass is 32.1. The predicted octanol–water partition coefficient (Wildman–Crippen LogP) is 4.65. The Hall–Kier alpha value is -3.45. The summed E-state index contributed by atoms with van der Waals surface area (Å²) in [6.07, 6.45) is 7.20. The van der Waals surface area contributed by atoms with Gasteiger partial charge in [0.25, 0.3) is 0 Å². The van der Waals surface area contributed by atoms with Crippen molar-refractivity contribution >= 4 is 17.3 Å². The molecule has 0 unspecified atom stereocenters. The van der Waals surface area contributed by atoms with Crippen molar-refractivity contribution in [3.63, 3.8) is 0 Å². The van der Waals surface area contributed by atoms with Crippen LogP contribution in [0.4, 0.5) is 0 Å². The minimum absolute atomic E-state index is 0.0240. The molecule has 4 aromatic heterocycles. The topological polar surface area (TPSA) is 59.1 Å². The van der Waals surface area contributed by atoms with Crippen molar-refractivity contribution < 1.29 is 4.42 Å². The maximum atomic E-state index is 5.77. The third-order valence-electron chi connectivity index (χ3n) is 5.80. The Bertz CT molecular complexity index is 1190. The minimum Gasteiger partial charge on any atom is -0.467 e. The zero-order valence-electron chi connectivity index (χ0n) is 17.4. The van der Waals surface area contributed by atoms with Gasteiger partial charge in [0.15, 0.2) is 5.11 Å². The van der Waals surface area contributed by atoms with Crippen molar-refractivity contribution in [2.75, 3.05) is 0 Å². The Morgan fingerprint density at radius 2 is 2.00 bits per heavy atom. The summed E-state index contributed by atoms with van der Waals surface area (Å²) in [6.45, 7) is 4.86. The van der Waals surface area contributed by atoms with Gasteiger partial charge in [-0.2, -0.15) is 0 Å². The first-order chi connectivity index (χ1) is 15.1. The normalized spacial score (nSPS) is 18.4. The molecule has 1 N–H and O–H groups in total. The lowest BCUT2D eigenvalue weighted by molar-refractivity contribution is 0.286. The molecule has 31 heavy (non-hydrogen) atoms. The molecule has 0 spiro atoms. The van der Waals surface area contributed by atoms with Crippen molar-refractivity contribution in [1.82, 2.24) is 24.8 Å². The summed E-state index contributed by atoms with van der Waals surface area (Å²) in [6, 6.07) is 16.1. The van der Waals surface area contributed by atoms with Gasteiger partial charge < -0.3 is 19.2 Å². The second kappa shape index (κ2) is 8.00. The molecular formula is C24H23N5OS. The molecule has 0 aromatic carbocycles. The largest absolute Gasteiger partial charge is 0.467 e. The molecule has 1 aliphatic heterocycles. The fourth-order valence-electron chi connectivity index (χ4n) is 4.46. The predicted molar refractivity (Wildman–Crippen MR) is 123 cm³/mol. The van der Waals surface area contributed by atoms with E-state index in [9.17, 15) is 0 Å². The average molecular weight is 430 g/mol. The number of aromatic nitrogens is 3. The molecule has 0 amide bonds.